The molecular weight excluding hydrogens is 304 g/mol. The molecule has 3 rings (SSSR count). The second-order valence-corrected chi connectivity index (χ2v) is 5.66. The fraction of sp³-hybridized carbons (Fsp3) is 0. The van der Waals surface area contributed by atoms with Crippen molar-refractivity contribution in [3.8, 4) is 11.1 Å². The molecule has 23 heavy (non-hydrogen) atoms. The molecule has 3 aromatic carbocycles. The van der Waals surface area contributed by atoms with Crippen molar-refractivity contribution in [2.24, 2.45) is 0 Å². The first-order valence-corrected chi connectivity index (χ1v) is 7.70. The maximum atomic E-state index is 6.25. The summed E-state index contributed by atoms with van der Waals surface area (Å²) in [4.78, 5) is 0. The summed E-state index contributed by atoms with van der Waals surface area (Å²) >= 11 is 6.25. The van der Waals surface area contributed by atoms with Gasteiger partial charge >= 0.3 is 0 Å². The third kappa shape index (κ3) is 3.22. The summed E-state index contributed by atoms with van der Waals surface area (Å²) in [5.41, 5.74) is 17.3. The molecule has 0 aliphatic carbocycles. The van der Waals surface area contributed by atoms with Gasteiger partial charge in [-0.1, -0.05) is 84.4 Å². The number of hydrogen-bond acceptors (Lipinski definition) is 2. The predicted octanol–water partition coefficient (Wildman–Crippen LogP) is 5.34. The molecule has 0 aromatic heterocycles. The molecule has 3 aromatic rings. The van der Waals surface area contributed by atoms with Crippen molar-refractivity contribution in [3.05, 3.63) is 82.9 Å². The zero-order chi connectivity index (χ0) is 16.2. The Kier molecular flexibility index (Phi) is 4.35. The molecule has 3 heteroatoms. The lowest BCUT2D eigenvalue weighted by atomic mass is 9.99. The number of hydrogen-bond donors (Lipinski definition) is 2. The van der Waals surface area contributed by atoms with Gasteiger partial charge < -0.3 is 11.5 Å². The van der Waals surface area contributed by atoms with E-state index in [-0.39, 0.29) is 0 Å². The molecular formula is C20H17ClN2. The highest BCUT2D eigenvalue weighted by molar-refractivity contribution is 6.33. The Labute approximate surface area is 141 Å². The van der Waals surface area contributed by atoms with Gasteiger partial charge in [-0.15, -0.1) is 0 Å². The maximum Gasteiger partial charge on any atom is 0.0634 e. The smallest absolute Gasteiger partial charge is 0.0634 e. The number of benzene rings is 3. The van der Waals surface area contributed by atoms with Crippen molar-refractivity contribution in [2.45, 2.75) is 0 Å². The summed E-state index contributed by atoms with van der Waals surface area (Å²) in [5.74, 6) is 0. The second kappa shape index (κ2) is 6.59. The summed E-state index contributed by atoms with van der Waals surface area (Å²) < 4.78 is 0. The Bertz CT molecular complexity index is 855. The quantitative estimate of drug-likeness (QED) is 0.505. The van der Waals surface area contributed by atoms with Crippen molar-refractivity contribution in [1.29, 1.82) is 0 Å². The fourth-order valence-corrected chi connectivity index (χ4v) is 2.70. The molecule has 114 valence electrons. The molecule has 0 saturated carbocycles. The molecule has 0 spiro atoms. The van der Waals surface area contributed by atoms with Gasteiger partial charge in [-0.2, -0.15) is 0 Å². The number of halogens is 1. The van der Waals surface area contributed by atoms with Gasteiger partial charge in [0.2, 0.25) is 0 Å². The summed E-state index contributed by atoms with van der Waals surface area (Å²) in [5, 5.41) is 0.658. The standard InChI is InChI=1S/C20H17ClN2/c21-18-9-5-4-8-16(18)17-13-12-15(19(22)20(17)23)11-10-14-6-2-1-3-7-14/h1-13H,22-23H2. The van der Waals surface area contributed by atoms with Gasteiger partial charge in [0.15, 0.2) is 0 Å². The van der Waals surface area contributed by atoms with E-state index in [0.717, 1.165) is 22.3 Å². The van der Waals surface area contributed by atoms with Gasteiger partial charge in [0.25, 0.3) is 0 Å². The number of rotatable bonds is 3. The zero-order valence-corrected chi connectivity index (χ0v) is 13.3. The Morgan fingerprint density at radius 2 is 1.35 bits per heavy atom. The third-order valence-corrected chi connectivity index (χ3v) is 4.07. The first kappa shape index (κ1) is 15.2. The maximum absolute atomic E-state index is 6.25. The summed E-state index contributed by atoms with van der Waals surface area (Å²) in [6, 6.07) is 21.6. The van der Waals surface area contributed by atoms with Gasteiger partial charge in [0.05, 0.1) is 11.4 Å². The molecule has 0 fully saturated rings. The van der Waals surface area contributed by atoms with E-state index in [1.165, 1.54) is 0 Å². The van der Waals surface area contributed by atoms with Crippen molar-refractivity contribution >= 4 is 35.1 Å². The van der Waals surface area contributed by atoms with Crippen molar-refractivity contribution in [3.63, 3.8) is 0 Å². The Morgan fingerprint density at radius 3 is 2.09 bits per heavy atom. The summed E-state index contributed by atoms with van der Waals surface area (Å²) in [6.45, 7) is 0. The highest BCUT2D eigenvalue weighted by atomic mass is 35.5. The summed E-state index contributed by atoms with van der Waals surface area (Å²) in [6.07, 6.45) is 3.98. The van der Waals surface area contributed by atoms with E-state index in [0.29, 0.717) is 16.4 Å². The normalized spacial score (nSPS) is 11.0. The van der Waals surface area contributed by atoms with Crippen LogP contribution in [0.25, 0.3) is 23.3 Å². The van der Waals surface area contributed by atoms with E-state index in [2.05, 4.69) is 0 Å². The highest BCUT2D eigenvalue weighted by Gasteiger charge is 2.10. The highest BCUT2D eigenvalue weighted by Crippen LogP contribution is 2.36. The van der Waals surface area contributed by atoms with Gasteiger partial charge in [-0.05, 0) is 17.2 Å². The van der Waals surface area contributed by atoms with E-state index < -0.39 is 0 Å². The van der Waals surface area contributed by atoms with Crippen LogP contribution in [0.1, 0.15) is 11.1 Å². The van der Waals surface area contributed by atoms with Crippen LogP contribution in [0.15, 0.2) is 66.7 Å². The van der Waals surface area contributed by atoms with Crippen molar-refractivity contribution in [2.75, 3.05) is 11.5 Å². The molecule has 2 nitrogen and oxygen atoms in total. The zero-order valence-electron chi connectivity index (χ0n) is 12.5. The molecule has 0 saturated heterocycles. The van der Waals surface area contributed by atoms with Crippen LogP contribution in [-0.4, -0.2) is 0 Å². The lowest BCUT2D eigenvalue weighted by Gasteiger charge is -2.12. The largest absolute Gasteiger partial charge is 0.397 e. The lowest BCUT2D eigenvalue weighted by Crippen LogP contribution is -2.00. The minimum Gasteiger partial charge on any atom is -0.397 e. The molecule has 0 amide bonds. The molecule has 4 N–H and O–H groups in total. The van der Waals surface area contributed by atoms with Crippen LogP contribution in [0.5, 0.6) is 0 Å². The van der Waals surface area contributed by atoms with Crippen LogP contribution >= 0.6 is 11.6 Å². The van der Waals surface area contributed by atoms with Crippen LogP contribution < -0.4 is 11.5 Å². The second-order valence-electron chi connectivity index (χ2n) is 5.25. The average Bonchev–Trinajstić information content (AvgIpc) is 2.58. The van der Waals surface area contributed by atoms with Crippen molar-refractivity contribution in [1.82, 2.24) is 0 Å². The fourth-order valence-electron chi connectivity index (χ4n) is 2.46. The first-order chi connectivity index (χ1) is 11.2. The average molecular weight is 321 g/mol. The molecule has 0 heterocycles. The SMILES string of the molecule is Nc1c(C=Cc2ccccc2)ccc(-c2ccccc2Cl)c1N. The Balaban J connectivity index is 1.99. The van der Waals surface area contributed by atoms with Gasteiger partial charge in [-0.25, -0.2) is 0 Å². The lowest BCUT2D eigenvalue weighted by molar-refractivity contribution is 1.58. The van der Waals surface area contributed by atoms with E-state index in [9.17, 15) is 0 Å². The van der Waals surface area contributed by atoms with Gasteiger partial charge in [0.1, 0.15) is 0 Å². The monoisotopic (exact) mass is 320 g/mol. The topological polar surface area (TPSA) is 52.0 Å². The Hall–Kier alpha value is -2.71. The molecule has 0 atom stereocenters. The number of anilines is 2. The first-order valence-electron chi connectivity index (χ1n) is 7.33. The predicted molar refractivity (Wildman–Crippen MR) is 101 cm³/mol. The third-order valence-electron chi connectivity index (χ3n) is 3.74. The molecule has 0 aliphatic rings. The van der Waals surface area contributed by atoms with Crippen molar-refractivity contribution < 1.29 is 0 Å². The van der Waals surface area contributed by atoms with Crippen LogP contribution in [0.2, 0.25) is 5.02 Å². The number of nitrogen functional groups attached to an aromatic ring is 2. The Morgan fingerprint density at radius 1 is 0.652 bits per heavy atom. The summed E-state index contributed by atoms with van der Waals surface area (Å²) in [7, 11) is 0. The molecule has 0 unspecified atom stereocenters. The van der Waals surface area contributed by atoms with Crippen LogP contribution in [0.3, 0.4) is 0 Å². The molecule has 0 radical (unpaired) electrons. The minimum atomic E-state index is 0.549. The van der Waals surface area contributed by atoms with E-state index in [4.69, 9.17) is 23.1 Å². The number of nitrogens with two attached hydrogens (primary N) is 2. The van der Waals surface area contributed by atoms with Gasteiger partial charge in [-0.3, -0.25) is 0 Å². The van der Waals surface area contributed by atoms with Crippen LogP contribution in [0.4, 0.5) is 11.4 Å². The van der Waals surface area contributed by atoms with Crippen LogP contribution in [-0.2, 0) is 0 Å². The van der Waals surface area contributed by atoms with Crippen LogP contribution in [0, 0.1) is 0 Å². The molecule has 0 aliphatic heterocycles. The van der Waals surface area contributed by atoms with Gasteiger partial charge in [0, 0.05) is 16.1 Å². The molecule has 0 bridgehead atoms. The van der Waals surface area contributed by atoms with E-state index >= 15 is 0 Å². The van der Waals surface area contributed by atoms with E-state index in [1.54, 1.807) is 0 Å². The minimum absolute atomic E-state index is 0.549. The van der Waals surface area contributed by atoms with E-state index in [1.807, 2.05) is 78.9 Å².